The lowest BCUT2D eigenvalue weighted by molar-refractivity contribution is 0.102. The predicted molar refractivity (Wildman–Crippen MR) is 81.8 cm³/mol. The fourth-order valence-corrected chi connectivity index (χ4v) is 2.30. The Balaban J connectivity index is 1.97. The van der Waals surface area contributed by atoms with Gasteiger partial charge in [-0.2, -0.15) is 0 Å². The zero-order chi connectivity index (χ0) is 14.1. The van der Waals surface area contributed by atoms with Crippen molar-refractivity contribution in [1.82, 2.24) is 4.98 Å². The quantitative estimate of drug-likeness (QED) is 0.622. The summed E-state index contributed by atoms with van der Waals surface area (Å²) in [4.78, 5) is 15.5. The number of nitrogens with two attached hydrogens (primary N) is 1. The van der Waals surface area contributed by atoms with Crippen LogP contribution in [0.1, 0.15) is 16.1 Å². The zero-order valence-corrected chi connectivity index (χ0v) is 11.1. The van der Waals surface area contributed by atoms with Crippen molar-refractivity contribution in [2.75, 3.05) is 11.1 Å². The first-order valence-electron chi connectivity index (χ1n) is 6.39. The van der Waals surface area contributed by atoms with E-state index >= 15 is 0 Å². The maximum Gasteiger partial charge on any atom is 0.255 e. The second kappa shape index (κ2) is 4.74. The van der Waals surface area contributed by atoms with Crippen LogP contribution in [0.5, 0.6) is 0 Å². The van der Waals surface area contributed by atoms with Crippen LogP contribution in [-0.2, 0) is 0 Å². The molecule has 4 heteroatoms. The number of H-pyrrole nitrogens is 1. The van der Waals surface area contributed by atoms with E-state index in [-0.39, 0.29) is 5.91 Å². The van der Waals surface area contributed by atoms with Crippen molar-refractivity contribution in [2.45, 2.75) is 6.92 Å². The summed E-state index contributed by atoms with van der Waals surface area (Å²) in [6.45, 7) is 1.94. The van der Waals surface area contributed by atoms with Gasteiger partial charge in [0.2, 0.25) is 0 Å². The Hall–Kier alpha value is -2.75. The van der Waals surface area contributed by atoms with E-state index in [1.807, 2.05) is 31.2 Å². The molecule has 100 valence electrons. The molecule has 3 rings (SSSR count). The second-order valence-electron chi connectivity index (χ2n) is 4.75. The van der Waals surface area contributed by atoms with Gasteiger partial charge < -0.3 is 16.0 Å². The highest BCUT2D eigenvalue weighted by Gasteiger charge is 2.12. The van der Waals surface area contributed by atoms with Gasteiger partial charge in [-0.15, -0.1) is 0 Å². The summed E-state index contributed by atoms with van der Waals surface area (Å²) in [5.74, 6) is -0.162. The van der Waals surface area contributed by atoms with Crippen LogP contribution in [0.4, 0.5) is 11.4 Å². The lowest BCUT2D eigenvalue weighted by Gasteiger charge is -2.06. The van der Waals surface area contributed by atoms with Crippen molar-refractivity contribution < 1.29 is 4.79 Å². The van der Waals surface area contributed by atoms with Crippen molar-refractivity contribution in [3.63, 3.8) is 0 Å². The molecule has 1 amide bonds. The van der Waals surface area contributed by atoms with Crippen LogP contribution in [0, 0.1) is 6.92 Å². The fourth-order valence-electron chi connectivity index (χ4n) is 2.30. The van der Waals surface area contributed by atoms with E-state index in [9.17, 15) is 4.79 Å². The first-order chi connectivity index (χ1) is 9.65. The molecule has 1 heterocycles. The zero-order valence-electron chi connectivity index (χ0n) is 11.1. The van der Waals surface area contributed by atoms with Crippen molar-refractivity contribution in [1.29, 1.82) is 0 Å². The first kappa shape index (κ1) is 12.3. The lowest BCUT2D eigenvalue weighted by atomic mass is 10.1. The maximum atomic E-state index is 12.3. The van der Waals surface area contributed by atoms with Crippen LogP contribution in [0.2, 0.25) is 0 Å². The Labute approximate surface area is 116 Å². The van der Waals surface area contributed by atoms with Crippen LogP contribution < -0.4 is 11.1 Å². The van der Waals surface area contributed by atoms with Gasteiger partial charge in [-0.1, -0.05) is 24.3 Å². The number of hydrogen-bond acceptors (Lipinski definition) is 2. The molecule has 0 radical (unpaired) electrons. The Morgan fingerprint density at radius 3 is 2.75 bits per heavy atom. The smallest absolute Gasteiger partial charge is 0.255 e. The summed E-state index contributed by atoms with van der Waals surface area (Å²) in [7, 11) is 0. The summed E-state index contributed by atoms with van der Waals surface area (Å²) in [6.07, 6.45) is 0. The third-order valence-corrected chi connectivity index (χ3v) is 3.28. The highest BCUT2D eigenvalue weighted by molar-refractivity contribution is 6.10. The lowest BCUT2D eigenvalue weighted by Crippen LogP contribution is -2.12. The number of rotatable bonds is 2. The van der Waals surface area contributed by atoms with Gasteiger partial charge in [0.15, 0.2) is 0 Å². The normalized spacial score (nSPS) is 10.7. The molecule has 0 aliphatic carbocycles. The van der Waals surface area contributed by atoms with Crippen LogP contribution in [-0.4, -0.2) is 10.9 Å². The molecule has 1 aromatic heterocycles. The monoisotopic (exact) mass is 265 g/mol. The van der Waals surface area contributed by atoms with Crippen LogP contribution in [0.25, 0.3) is 10.9 Å². The van der Waals surface area contributed by atoms with Gasteiger partial charge in [0.1, 0.15) is 0 Å². The maximum absolute atomic E-state index is 12.3. The second-order valence-corrected chi connectivity index (χ2v) is 4.75. The Bertz CT molecular complexity index is 789. The first-order valence-corrected chi connectivity index (χ1v) is 6.39. The fraction of sp³-hybridized carbons (Fsp3) is 0.0625. The number of hydrogen-bond donors (Lipinski definition) is 3. The summed E-state index contributed by atoms with van der Waals surface area (Å²) in [6, 6.07) is 14.8. The summed E-state index contributed by atoms with van der Waals surface area (Å²) in [5.41, 5.74) is 9.59. The third-order valence-electron chi connectivity index (χ3n) is 3.28. The van der Waals surface area contributed by atoms with E-state index in [1.165, 1.54) is 0 Å². The van der Waals surface area contributed by atoms with Gasteiger partial charge >= 0.3 is 0 Å². The van der Waals surface area contributed by atoms with E-state index in [1.54, 1.807) is 24.3 Å². The number of aryl methyl sites for hydroxylation is 1. The van der Waals surface area contributed by atoms with Crippen molar-refractivity contribution >= 4 is 28.2 Å². The minimum absolute atomic E-state index is 0.162. The van der Waals surface area contributed by atoms with E-state index < -0.39 is 0 Å². The molecule has 0 spiro atoms. The SMILES string of the molecule is Cc1[nH]c2ccccc2c1NC(=O)c1cccc(N)c1. The van der Waals surface area contributed by atoms with Gasteiger partial charge in [-0.25, -0.2) is 0 Å². The molecule has 2 aromatic carbocycles. The molecule has 0 fully saturated rings. The predicted octanol–water partition coefficient (Wildman–Crippen LogP) is 3.31. The van der Waals surface area contributed by atoms with Crippen LogP contribution in [0.15, 0.2) is 48.5 Å². The highest BCUT2D eigenvalue weighted by Crippen LogP contribution is 2.27. The molecule has 0 saturated carbocycles. The summed E-state index contributed by atoms with van der Waals surface area (Å²) in [5, 5.41) is 3.95. The number of carbonyl (C=O) groups is 1. The van der Waals surface area contributed by atoms with Crippen molar-refractivity contribution in [3.8, 4) is 0 Å². The molecule has 0 unspecified atom stereocenters. The number of nitrogens with one attached hydrogen (secondary N) is 2. The molecular weight excluding hydrogens is 250 g/mol. The Morgan fingerprint density at radius 1 is 1.15 bits per heavy atom. The van der Waals surface area contributed by atoms with Crippen LogP contribution in [0.3, 0.4) is 0 Å². The van der Waals surface area contributed by atoms with E-state index in [4.69, 9.17) is 5.73 Å². The molecular formula is C16H15N3O. The molecule has 0 aliphatic rings. The van der Waals surface area contributed by atoms with Gasteiger partial charge in [0.05, 0.1) is 5.69 Å². The van der Waals surface area contributed by atoms with Gasteiger partial charge in [0, 0.05) is 27.8 Å². The third kappa shape index (κ3) is 2.12. The number of para-hydroxylation sites is 1. The average Bonchev–Trinajstić information content (AvgIpc) is 2.75. The topological polar surface area (TPSA) is 70.9 Å². The molecule has 0 bridgehead atoms. The number of aromatic amines is 1. The molecule has 4 N–H and O–H groups in total. The number of nitrogen functional groups attached to an aromatic ring is 1. The van der Waals surface area contributed by atoms with Gasteiger partial charge in [-0.05, 0) is 31.2 Å². The van der Waals surface area contributed by atoms with E-state index in [0.29, 0.717) is 11.3 Å². The number of fused-ring (bicyclic) bond motifs is 1. The number of amides is 1. The minimum Gasteiger partial charge on any atom is -0.399 e. The molecule has 20 heavy (non-hydrogen) atoms. The highest BCUT2D eigenvalue weighted by atomic mass is 16.1. The Morgan fingerprint density at radius 2 is 1.95 bits per heavy atom. The standard InChI is InChI=1S/C16H15N3O/c1-10-15(13-7-2-3-8-14(13)18-10)19-16(20)11-5-4-6-12(17)9-11/h2-9,18H,17H2,1H3,(H,19,20). The van der Waals surface area contributed by atoms with E-state index in [0.717, 1.165) is 22.3 Å². The average molecular weight is 265 g/mol. The van der Waals surface area contributed by atoms with Crippen LogP contribution >= 0.6 is 0 Å². The number of anilines is 2. The summed E-state index contributed by atoms with van der Waals surface area (Å²) < 4.78 is 0. The molecule has 0 saturated heterocycles. The number of benzene rings is 2. The number of aromatic nitrogens is 1. The Kier molecular flexibility index (Phi) is 2.91. The molecule has 4 nitrogen and oxygen atoms in total. The van der Waals surface area contributed by atoms with Gasteiger partial charge in [-0.3, -0.25) is 4.79 Å². The van der Waals surface area contributed by atoms with Gasteiger partial charge in [0.25, 0.3) is 5.91 Å². The summed E-state index contributed by atoms with van der Waals surface area (Å²) >= 11 is 0. The van der Waals surface area contributed by atoms with E-state index in [2.05, 4.69) is 10.3 Å². The van der Waals surface area contributed by atoms with Crippen molar-refractivity contribution in [3.05, 3.63) is 59.8 Å². The molecule has 0 atom stereocenters. The minimum atomic E-state index is -0.162. The molecule has 0 aliphatic heterocycles. The number of carbonyl (C=O) groups excluding carboxylic acids is 1. The largest absolute Gasteiger partial charge is 0.399 e. The molecule has 3 aromatic rings. The van der Waals surface area contributed by atoms with Crippen molar-refractivity contribution in [2.24, 2.45) is 0 Å².